The SMILES string of the molecule is CCC(C)SCC(O)c1cccc2cccnc12. The fraction of sp³-hybridized carbons (Fsp3) is 0.400. The molecule has 1 aromatic carbocycles. The predicted octanol–water partition coefficient (Wildman–Crippen LogP) is 3.80. The van der Waals surface area contributed by atoms with E-state index >= 15 is 0 Å². The van der Waals surface area contributed by atoms with Crippen LogP contribution >= 0.6 is 11.8 Å². The number of rotatable bonds is 5. The highest BCUT2D eigenvalue weighted by atomic mass is 32.2. The lowest BCUT2D eigenvalue weighted by Gasteiger charge is -2.15. The van der Waals surface area contributed by atoms with Crippen molar-refractivity contribution < 1.29 is 5.11 Å². The Bertz CT molecular complexity index is 509. The van der Waals surface area contributed by atoms with Crippen LogP contribution in [0.5, 0.6) is 0 Å². The molecule has 1 heterocycles. The smallest absolute Gasteiger partial charge is 0.0901 e. The number of hydrogen-bond acceptors (Lipinski definition) is 3. The highest BCUT2D eigenvalue weighted by molar-refractivity contribution is 7.99. The van der Waals surface area contributed by atoms with Crippen LogP contribution in [0.25, 0.3) is 10.9 Å². The van der Waals surface area contributed by atoms with Crippen molar-refractivity contribution in [2.75, 3.05) is 5.75 Å². The zero-order valence-corrected chi connectivity index (χ0v) is 11.7. The summed E-state index contributed by atoms with van der Waals surface area (Å²) in [6, 6.07) is 9.93. The molecule has 2 unspecified atom stereocenters. The molecule has 2 nitrogen and oxygen atoms in total. The molecule has 0 aliphatic heterocycles. The monoisotopic (exact) mass is 261 g/mol. The average Bonchev–Trinajstić information content (AvgIpc) is 2.43. The van der Waals surface area contributed by atoms with Crippen LogP contribution in [0, 0.1) is 0 Å². The van der Waals surface area contributed by atoms with Gasteiger partial charge >= 0.3 is 0 Å². The molecule has 0 fully saturated rings. The molecule has 18 heavy (non-hydrogen) atoms. The summed E-state index contributed by atoms with van der Waals surface area (Å²) in [5, 5.41) is 12.0. The summed E-state index contributed by atoms with van der Waals surface area (Å²) < 4.78 is 0. The maximum atomic E-state index is 10.3. The number of aromatic nitrogens is 1. The van der Waals surface area contributed by atoms with E-state index in [1.807, 2.05) is 42.1 Å². The van der Waals surface area contributed by atoms with Gasteiger partial charge in [0.2, 0.25) is 0 Å². The molecule has 0 spiro atoms. The van der Waals surface area contributed by atoms with E-state index in [9.17, 15) is 5.11 Å². The van der Waals surface area contributed by atoms with Gasteiger partial charge in [0.15, 0.2) is 0 Å². The van der Waals surface area contributed by atoms with E-state index in [0.717, 1.165) is 28.6 Å². The van der Waals surface area contributed by atoms with Crippen molar-refractivity contribution in [1.82, 2.24) is 4.98 Å². The molecule has 3 heteroatoms. The van der Waals surface area contributed by atoms with Crippen LogP contribution in [0.15, 0.2) is 36.5 Å². The summed E-state index contributed by atoms with van der Waals surface area (Å²) >= 11 is 1.81. The summed E-state index contributed by atoms with van der Waals surface area (Å²) in [5.41, 5.74) is 1.85. The predicted molar refractivity (Wildman–Crippen MR) is 78.9 cm³/mol. The van der Waals surface area contributed by atoms with Gasteiger partial charge in [-0.05, 0) is 12.5 Å². The van der Waals surface area contributed by atoms with Gasteiger partial charge in [0.25, 0.3) is 0 Å². The van der Waals surface area contributed by atoms with Crippen LogP contribution in [-0.4, -0.2) is 21.1 Å². The Balaban J connectivity index is 2.19. The van der Waals surface area contributed by atoms with Crippen LogP contribution in [0.2, 0.25) is 0 Å². The van der Waals surface area contributed by atoms with Crippen LogP contribution in [0.3, 0.4) is 0 Å². The number of aliphatic hydroxyl groups is 1. The van der Waals surface area contributed by atoms with Crippen LogP contribution in [-0.2, 0) is 0 Å². The third-order valence-electron chi connectivity index (χ3n) is 3.14. The van der Waals surface area contributed by atoms with Gasteiger partial charge in [-0.1, -0.05) is 38.1 Å². The molecule has 1 aromatic heterocycles. The second-order valence-corrected chi connectivity index (χ2v) is 5.96. The second kappa shape index (κ2) is 6.21. The molecule has 2 aromatic rings. The van der Waals surface area contributed by atoms with Gasteiger partial charge in [-0.2, -0.15) is 11.8 Å². The Morgan fingerprint density at radius 3 is 2.83 bits per heavy atom. The molecule has 0 saturated heterocycles. The second-order valence-electron chi connectivity index (χ2n) is 4.49. The molecule has 0 aliphatic rings. The quantitative estimate of drug-likeness (QED) is 0.888. The molecule has 96 valence electrons. The van der Waals surface area contributed by atoms with Crippen LogP contribution < -0.4 is 0 Å². The zero-order valence-electron chi connectivity index (χ0n) is 10.8. The molecule has 0 aliphatic carbocycles. The Hall–Kier alpha value is -1.06. The number of pyridine rings is 1. The number of nitrogens with zero attached hydrogens (tertiary/aromatic N) is 1. The lowest BCUT2D eigenvalue weighted by Crippen LogP contribution is -2.05. The molecular weight excluding hydrogens is 242 g/mol. The third kappa shape index (κ3) is 3.03. The largest absolute Gasteiger partial charge is 0.387 e. The first-order chi connectivity index (χ1) is 8.72. The summed E-state index contributed by atoms with van der Waals surface area (Å²) in [4.78, 5) is 4.38. The molecule has 0 bridgehead atoms. The van der Waals surface area contributed by atoms with Crippen molar-refractivity contribution in [2.24, 2.45) is 0 Å². The van der Waals surface area contributed by atoms with Gasteiger partial charge in [0, 0.05) is 28.1 Å². The van der Waals surface area contributed by atoms with Gasteiger partial charge in [-0.25, -0.2) is 0 Å². The van der Waals surface area contributed by atoms with Crippen molar-refractivity contribution in [3.8, 4) is 0 Å². The average molecular weight is 261 g/mol. The number of fused-ring (bicyclic) bond motifs is 1. The molecule has 2 atom stereocenters. The lowest BCUT2D eigenvalue weighted by atomic mass is 10.1. The molecule has 0 radical (unpaired) electrons. The first kappa shape index (κ1) is 13.4. The molecule has 0 saturated carbocycles. The van der Waals surface area contributed by atoms with Gasteiger partial charge in [0.05, 0.1) is 11.6 Å². The van der Waals surface area contributed by atoms with E-state index < -0.39 is 6.10 Å². The van der Waals surface area contributed by atoms with Gasteiger partial charge in [0.1, 0.15) is 0 Å². The van der Waals surface area contributed by atoms with E-state index in [1.165, 1.54) is 0 Å². The number of hydrogen-bond donors (Lipinski definition) is 1. The van der Waals surface area contributed by atoms with E-state index in [-0.39, 0.29) is 0 Å². The van der Waals surface area contributed by atoms with E-state index in [1.54, 1.807) is 6.20 Å². The van der Waals surface area contributed by atoms with Crippen LogP contribution in [0.1, 0.15) is 31.9 Å². The highest BCUT2D eigenvalue weighted by Gasteiger charge is 2.13. The highest BCUT2D eigenvalue weighted by Crippen LogP contribution is 2.27. The van der Waals surface area contributed by atoms with Crippen molar-refractivity contribution >= 4 is 22.7 Å². The topological polar surface area (TPSA) is 33.1 Å². The first-order valence-electron chi connectivity index (χ1n) is 6.35. The summed E-state index contributed by atoms with van der Waals surface area (Å²) in [6.07, 6.45) is 2.47. The summed E-state index contributed by atoms with van der Waals surface area (Å²) in [5.74, 6) is 0.727. The molecule has 0 amide bonds. The molecule has 2 rings (SSSR count). The zero-order chi connectivity index (χ0) is 13.0. The van der Waals surface area contributed by atoms with Crippen molar-refractivity contribution in [1.29, 1.82) is 0 Å². The summed E-state index contributed by atoms with van der Waals surface area (Å²) in [7, 11) is 0. The van der Waals surface area contributed by atoms with Crippen molar-refractivity contribution in [2.45, 2.75) is 31.6 Å². The third-order valence-corrected chi connectivity index (χ3v) is 4.55. The fourth-order valence-electron chi connectivity index (χ4n) is 1.86. The van der Waals surface area contributed by atoms with E-state index in [4.69, 9.17) is 0 Å². The van der Waals surface area contributed by atoms with Gasteiger partial charge in [-0.15, -0.1) is 0 Å². The van der Waals surface area contributed by atoms with E-state index in [2.05, 4.69) is 18.8 Å². The number of aliphatic hydroxyl groups excluding tert-OH is 1. The number of para-hydroxylation sites is 1. The van der Waals surface area contributed by atoms with Crippen molar-refractivity contribution in [3.63, 3.8) is 0 Å². The number of thioether (sulfide) groups is 1. The number of benzene rings is 1. The standard InChI is InChI=1S/C15H19NOS/c1-3-11(2)18-10-14(17)13-8-4-6-12-7-5-9-16-15(12)13/h4-9,11,14,17H,3,10H2,1-2H3. The maximum absolute atomic E-state index is 10.3. The summed E-state index contributed by atoms with van der Waals surface area (Å²) in [6.45, 7) is 4.36. The van der Waals surface area contributed by atoms with Gasteiger partial charge < -0.3 is 5.11 Å². The molecule has 1 N–H and O–H groups in total. The van der Waals surface area contributed by atoms with Crippen molar-refractivity contribution in [3.05, 3.63) is 42.1 Å². The normalized spacial score (nSPS) is 14.6. The Morgan fingerprint density at radius 1 is 1.28 bits per heavy atom. The minimum atomic E-state index is -0.442. The van der Waals surface area contributed by atoms with E-state index in [0.29, 0.717) is 5.25 Å². The minimum Gasteiger partial charge on any atom is -0.387 e. The Kier molecular flexibility index (Phi) is 4.61. The first-order valence-corrected chi connectivity index (χ1v) is 7.40. The minimum absolute atomic E-state index is 0.442. The Morgan fingerprint density at radius 2 is 2.06 bits per heavy atom. The maximum Gasteiger partial charge on any atom is 0.0901 e. The fourth-order valence-corrected chi connectivity index (χ4v) is 2.79. The van der Waals surface area contributed by atoms with Crippen LogP contribution in [0.4, 0.5) is 0 Å². The lowest BCUT2D eigenvalue weighted by molar-refractivity contribution is 0.205. The molecular formula is C15H19NOS. The van der Waals surface area contributed by atoms with Gasteiger partial charge in [-0.3, -0.25) is 4.98 Å². The Labute approximate surface area is 112 Å².